The van der Waals surface area contributed by atoms with Gasteiger partial charge >= 0.3 is 6.18 Å². The van der Waals surface area contributed by atoms with Gasteiger partial charge in [-0.25, -0.2) is 10.2 Å². The lowest BCUT2D eigenvalue weighted by molar-refractivity contribution is -0.137. The van der Waals surface area contributed by atoms with Crippen LogP contribution in [-0.4, -0.2) is 30.5 Å². The zero-order valence-corrected chi connectivity index (χ0v) is 15.2. The lowest BCUT2D eigenvalue weighted by Crippen LogP contribution is -2.45. The molecule has 11 heteroatoms. The highest BCUT2D eigenvalue weighted by atomic mass is 19.4. The third-order valence-corrected chi connectivity index (χ3v) is 3.92. The summed E-state index contributed by atoms with van der Waals surface area (Å²) in [7, 11) is 1.33. The quantitative estimate of drug-likeness (QED) is 0.220. The van der Waals surface area contributed by atoms with Gasteiger partial charge in [-0.1, -0.05) is 12.1 Å². The maximum absolute atomic E-state index is 13.8. The Balaban J connectivity index is 2.00. The SMILES string of the molecule is COc1cccc(N)c1C(=O)N(N)CC(=O)NCc1ccc(C(F)(F)F)cc1F. The Kier molecular flexibility index (Phi) is 6.64. The van der Waals surface area contributed by atoms with Gasteiger partial charge in [0.15, 0.2) is 0 Å². The van der Waals surface area contributed by atoms with Crippen LogP contribution in [0.3, 0.4) is 0 Å². The van der Waals surface area contributed by atoms with Crippen molar-refractivity contribution in [2.24, 2.45) is 5.84 Å². The molecule has 2 aromatic rings. The van der Waals surface area contributed by atoms with E-state index in [0.29, 0.717) is 17.1 Å². The van der Waals surface area contributed by atoms with Crippen LogP contribution >= 0.6 is 0 Å². The average molecular weight is 414 g/mol. The number of hydrogen-bond donors (Lipinski definition) is 3. The Morgan fingerprint density at radius 2 is 1.90 bits per heavy atom. The molecule has 0 aromatic heterocycles. The zero-order chi connectivity index (χ0) is 21.8. The van der Waals surface area contributed by atoms with Crippen LogP contribution < -0.4 is 21.6 Å². The number of methoxy groups -OCH3 is 1. The monoisotopic (exact) mass is 414 g/mol. The van der Waals surface area contributed by atoms with E-state index in [0.717, 1.165) is 6.07 Å². The fourth-order valence-electron chi connectivity index (χ4n) is 2.43. The number of nitrogen functional groups attached to an aromatic ring is 1. The summed E-state index contributed by atoms with van der Waals surface area (Å²) in [6, 6.07) is 6.47. The summed E-state index contributed by atoms with van der Waals surface area (Å²) in [6.45, 7) is -0.986. The predicted molar refractivity (Wildman–Crippen MR) is 95.9 cm³/mol. The standard InChI is InChI=1S/C18H18F4N4O3/c1-29-14-4-2-3-13(23)16(14)17(28)26(24)9-15(27)25-8-10-5-6-11(7-12(10)19)18(20,21)22/h2-7H,8-9,23-24H2,1H3,(H,25,27). The number of benzene rings is 2. The molecule has 0 saturated carbocycles. The first-order valence-corrected chi connectivity index (χ1v) is 8.16. The Morgan fingerprint density at radius 3 is 2.48 bits per heavy atom. The molecular formula is C18H18F4N4O3. The van der Waals surface area contributed by atoms with E-state index in [1.165, 1.54) is 19.2 Å². The van der Waals surface area contributed by atoms with E-state index in [4.69, 9.17) is 16.3 Å². The number of nitrogens with one attached hydrogen (secondary N) is 1. The molecule has 156 valence electrons. The van der Waals surface area contributed by atoms with Crippen molar-refractivity contribution < 1.29 is 31.9 Å². The second kappa shape index (κ2) is 8.78. The fourth-order valence-corrected chi connectivity index (χ4v) is 2.43. The van der Waals surface area contributed by atoms with Crippen LogP contribution in [0.25, 0.3) is 0 Å². The van der Waals surface area contributed by atoms with E-state index in [9.17, 15) is 27.2 Å². The van der Waals surface area contributed by atoms with Gasteiger partial charge in [0.25, 0.3) is 5.91 Å². The van der Waals surface area contributed by atoms with E-state index in [1.54, 1.807) is 6.07 Å². The molecule has 0 heterocycles. The lowest BCUT2D eigenvalue weighted by Gasteiger charge is -2.19. The van der Waals surface area contributed by atoms with Gasteiger partial charge in [-0.2, -0.15) is 13.2 Å². The van der Waals surface area contributed by atoms with Gasteiger partial charge in [-0.3, -0.25) is 14.6 Å². The summed E-state index contributed by atoms with van der Waals surface area (Å²) in [5, 5.41) is 2.87. The largest absolute Gasteiger partial charge is 0.496 e. The van der Waals surface area contributed by atoms with Crippen molar-refractivity contribution in [3.63, 3.8) is 0 Å². The van der Waals surface area contributed by atoms with Gasteiger partial charge in [-0.05, 0) is 24.3 Å². The maximum Gasteiger partial charge on any atom is 0.416 e. The number of ether oxygens (including phenoxy) is 1. The molecule has 2 rings (SSSR count). The van der Waals surface area contributed by atoms with E-state index < -0.39 is 35.9 Å². The van der Waals surface area contributed by atoms with Gasteiger partial charge in [0.05, 0.1) is 12.7 Å². The van der Waals surface area contributed by atoms with Crippen LogP contribution in [0, 0.1) is 5.82 Å². The van der Waals surface area contributed by atoms with Gasteiger partial charge in [-0.15, -0.1) is 0 Å². The first-order valence-electron chi connectivity index (χ1n) is 8.16. The number of carbonyl (C=O) groups excluding carboxylic acids is 2. The summed E-state index contributed by atoms with van der Waals surface area (Å²) in [6.07, 6.45) is -4.68. The molecule has 0 aliphatic rings. The lowest BCUT2D eigenvalue weighted by atomic mass is 10.1. The average Bonchev–Trinajstić information content (AvgIpc) is 2.65. The molecule has 2 amide bonds. The van der Waals surface area contributed by atoms with Crippen molar-refractivity contribution in [2.45, 2.75) is 12.7 Å². The maximum atomic E-state index is 13.8. The second-order valence-electron chi connectivity index (χ2n) is 5.94. The van der Waals surface area contributed by atoms with Crippen molar-refractivity contribution >= 4 is 17.5 Å². The molecular weight excluding hydrogens is 396 g/mol. The highest BCUT2D eigenvalue weighted by Gasteiger charge is 2.31. The van der Waals surface area contributed by atoms with Crippen LogP contribution in [-0.2, 0) is 17.5 Å². The van der Waals surface area contributed by atoms with E-state index in [-0.39, 0.29) is 29.1 Å². The third-order valence-electron chi connectivity index (χ3n) is 3.92. The van der Waals surface area contributed by atoms with Gasteiger partial charge in [0.1, 0.15) is 23.7 Å². The topological polar surface area (TPSA) is 111 Å². The molecule has 5 N–H and O–H groups in total. The minimum Gasteiger partial charge on any atom is -0.496 e. The molecule has 0 saturated heterocycles. The van der Waals surface area contributed by atoms with Gasteiger partial charge in [0, 0.05) is 17.8 Å². The molecule has 0 spiro atoms. The summed E-state index contributed by atoms with van der Waals surface area (Å²) in [5.41, 5.74) is 4.52. The molecule has 2 aromatic carbocycles. The predicted octanol–water partition coefficient (Wildman–Crippen LogP) is 2.07. The number of alkyl halides is 3. The van der Waals surface area contributed by atoms with Crippen LogP contribution in [0.4, 0.5) is 23.2 Å². The van der Waals surface area contributed by atoms with Crippen LogP contribution in [0.5, 0.6) is 5.75 Å². The summed E-state index contributed by atoms with van der Waals surface area (Å²) in [4.78, 5) is 24.4. The minimum atomic E-state index is -4.68. The van der Waals surface area contributed by atoms with Crippen molar-refractivity contribution in [1.82, 2.24) is 10.3 Å². The van der Waals surface area contributed by atoms with Crippen LogP contribution in [0.2, 0.25) is 0 Å². The van der Waals surface area contributed by atoms with Crippen molar-refractivity contribution in [1.29, 1.82) is 0 Å². The zero-order valence-electron chi connectivity index (χ0n) is 15.2. The normalized spacial score (nSPS) is 11.1. The van der Waals surface area contributed by atoms with Crippen LogP contribution in [0.15, 0.2) is 36.4 Å². The highest BCUT2D eigenvalue weighted by molar-refractivity contribution is 6.02. The van der Waals surface area contributed by atoms with E-state index >= 15 is 0 Å². The molecule has 0 aliphatic carbocycles. The van der Waals surface area contributed by atoms with Crippen LogP contribution in [0.1, 0.15) is 21.5 Å². The van der Waals surface area contributed by atoms with Gasteiger partial charge in [0.2, 0.25) is 5.91 Å². The van der Waals surface area contributed by atoms with Crippen molar-refractivity contribution in [3.8, 4) is 5.75 Å². The Labute approximate surface area is 163 Å². The number of rotatable bonds is 6. The molecule has 0 aliphatic heterocycles. The fraction of sp³-hybridized carbons (Fsp3) is 0.222. The number of anilines is 1. The molecule has 0 fully saturated rings. The Hall–Kier alpha value is -3.34. The molecule has 0 bridgehead atoms. The molecule has 0 unspecified atom stereocenters. The molecule has 7 nitrogen and oxygen atoms in total. The summed E-state index contributed by atoms with van der Waals surface area (Å²) < 4.78 is 56.5. The second-order valence-corrected chi connectivity index (χ2v) is 5.94. The molecule has 0 radical (unpaired) electrons. The Morgan fingerprint density at radius 1 is 1.21 bits per heavy atom. The van der Waals surface area contributed by atoms with Crippen molar-refractivity contribution in [2.75, 3.05) is 19.4 Å². The minimum absolute atomic E-state index is 0.0286. The molecule has 0 atom stereocenters. The number of hydrazine groups is 1. The van der Waals surface area contributed by atoms with E-state index in [2.05, 4.69) is 5.32 Å². The van der Waals surface area contributed by atoms with Crippen molar-refractivity contribution in [3.05, 3.63) is 58.9 Å². The smallest absolute Gasteiger partial charge is 0.416 e. The molecule has 29 heavy (non-hydrogen) atoms. The summed E-state index contributed by atoms with van der Waals surface area (Å²) >= 11 is 0. The number of nitrogens with zero attached hydrogens (tertiary/aromatic N) is 1. The number of halogens is 4. The third kappa shape index (κ3) is 5.35. The first-order chi connectivity index (χ1) is 13.5. The van der Waals surface area contributed by atoms with E-state index in [1.807, 2.05) is 0 Å². The first kappa shape index (κ1) is 22.0. The number of amides is 2. The van der Waals surface area contributed by atoms with Gasteiger partial charge < -0.3 is 15.8 Å². The number of carbonyl (C=O) groups is 2. The number of hydrogen-bond acceptors (Lipinski definition) is 5. The Bertz CT molecular complexity index is 918. The summed E-state index contributed by atoms with van der Waals surface area (Å²) in [5.74, 6) is 3.13. The highest BCUT2D eigenvalue weighted by Crippen LogP contribution is 2.30. The number of nitrogens with two attached hydrogens (primary N) is 2.